The number of nitrogens with one attached hydrogen (secondary N) is 1. The molecule has 1 fully saturated rings. The fraction of sp³-hybridized carbons (Fsp3) is 0.500. The minimum atomic E-state index is 0.407. The molecule has 5 nitrogen and oxygen atoms in total. The van der Waals surface area contributed by atoms with Crippen LogP contribution < -0.4 is 14.8 Å². The molecular weight excluding hydrogens is 290 g/mol. The summed E-state index contributed by atoms with van der Waals surface area (Å²) in [6.07, 6.45) is 4.78. The summed E-state index contributed by atoms with van der Waals surface area (Å²) in [5.74, 6) is 1.62. The molecule has 4 rings (SSSR count). The van der Waals surface area contributed by atoms with E-state index in [1.54, 1.807) is 14.2 Å². The van der Waals surface area contributed by atoms with Crippen molar-refractivity contribution in [1.82, 2.24) is 15.1 Å². The highest BCUT2D eigenvalue weighted by atomic mass is 16.5. The summed E-state index contributed by atoms with van der Waals surface area (Å²) >= 11 is 0. The lowest BCUT2D eigenvalue weighted by atomic mass is 9.84. The summed E-state index contributed by atoms with van der Waals surface area (Å²) in [5, 5.41) is 8.55. The Hall–Kier alpha value is -2.01. The van der Waals surface area contributed by atoms with Crippen molar-refractivity contribution in [2.45, 2.75) is 37.8 Å². The number of hydrogen-bond acceptors (Lipinski definition) is 4. The largest absolute Gasteiger partial charge is 0.497 e. The van der Waals surface area contributed by atoms with Crippen LogP contribution in [0, 0.1) is 0 Å². The standard InChI is InChI=1S/C18H23N3O2/c1-21-18(11-7-13(22-2)10-14(8-11)23-3)15-9-12-5-4-6-16(19-12)17(15)20-21/h7-8,10,12,16,19H,4-6,9H2,1-3H3/t12-,16+/m1/s1. The zero-order valence-corrected chi connectivity index (χ0v) is 13.9. The molecule has 0 amide bonds. The van der Waals surface area contributed by atoms with Gasteiger partial charge >= 0.3 is 0 Å². The lowest BCUT2D eigenvalue weighted by Gasteiger charge is -2.35. The Labute approximate surface area is 136 Å². The van der Waals surface area contributed by atoms with Gasteiger partial charge in [0.1, 0.15) is 11.5 Å². The molecule has 1 aromatic carbocycles. The number of rotatable bonds is 3. The van der Waals surface area contributed by atoms with Crippen LogP contribution in [-0.2, 0) is 13.5 Å². The van der Waals surface area contributed by atoms with E-state index in [2.05, 4.69) is 17.4 Å². The summed E-state index contributed by atoms with van der Waals surface area (Å²) < 4.78 is 12.9. The summed E-state index contributed by atoms with van der Waals surface area (Å²) in [4.78, 5) is 0. The molecule has 2 aliphatic rings. The third kappa shape index (κ3) is 2.39. The molecule has 0 aliphatic carbocycles. The number of aromatic nitrogens is 2. The molecule has 0 unspecified atom stereocenters. The van der Waals surface area contributed by atoms with E-state index in [1.807, 2.05) is 17.8 Å². The molecule has 2 bridgehead atoms. The maximum atomic E-state index is 5.43. The van der Waals surface area contributed by atoms with Crippen LogP contribution in [-0.4, -0.2) is 30.0 Å². The quantitative estimate of drug-likeness (QED) is 0.946. The molecule has 1 aromatic heterocycles. The van der Waals surface area contributed by atoms with Crippen molar-refractivity contribution < 1.29 is 9.47 Å². The first-order valence-corrected chi connectivity index (χ1v) is 8.25. The number of nitrogens with zero attached hydrogens (tertiary/aromatic N) is 2. The second-order valence-electron chi connectivity index (χ2n) is 6.49. The maximum absolute atomic E-state index is 5.43. The molecule has 2 aromatic rings. The van der Waals surface area contributed by atoms with Crippen LogP contribution in [0.25, 0.3) is 11.3 Å². The first kappa shape index (κ1) is 14.6. The Bertz CT molecular complexity index is 716. The van der Waals surface area contributed by atoms with Crippen molar-refractivity contribution in [1.29, 1.82) is 0 Å². The summed E-state index contributed by atoms with van der Waals surface area (Å²) in [6, 6.07) is 7.03. The first-order valence-electron chi connectivity index (χ1n) is 8.25. The smallest absolute Gasteiger partial charge is 0.123 e. The zero-order chi connectivity index (χ0) is 16.0. The Morgan fingerprint density at radius 2 is 1.87 bits per heavy atom. The van der Waals surface area contributed by atoms with E-state index < -0.39 is 0 Å². The van der Waals surface area contributed by atoms with Gasteiger partial charge in [-0.15, -0.1) is 0 Å². The molecule has 3 heterocycles. The van der Waals surface area contributed by atoms with Gasteiger partial charge in [0, 0.05) is 30.3 Å². The van der Waals surface area contributed by atoms with Crippen LogP contribution in [0.3, 0.4) is 0 Å². The molecule has 1 saturated heterocycles. The van der Waals surface area contributed by atoms with E-state index in [0.717, 1.165) is 23.5 Å². The number of methoxy groups -OCH3 is 2. The van der Waals surface area contributed by atoms with Crippen molar-refractivity contribution in [3.8, 4) is 22.8 Å². The van der Waals surface area contributed by atoms with Gasteiger partial charge in [0.15, 0.2) is 0 Å². The average Bonchev–Trinajstić information content (AvgIpc) is 2.91. The van der Waals surface area contributed by atoms with E-state index in [4.69, 9.17) is 14.6 Å². The van der Waals surface area contributed by atoms with Gasteiger partial charge < -0.3 is 14.8 Å². The number of fused-ring (bicyclic) bond motifs is 4. The van der Waals surface area contributed by atoms with E-state index in [-0.39, 0.29) is 0 Å². The fourth-order valence-corrected chi connectivity index (χ4v) is 4.02. The SMILES string of the molecule is COc1cc(OC)cc(-c2c3c(nn2C)[C@@H]2CCC[C@H](C3)N2)c1. The number of benzene rings is 1. The van der Waals surface area contributed by atoms with Crippen LogP contribution in [0.2, 0.25) is 0 Å². The van der Waals surface area contributed by atoms with Crippen molar-refractivity contribution in [3.63, 3.8) is 0 Å². The predicted octanol–water partition coefficient (Wildman–Crippen LogP) is 2.84. The van der Waals surface area contributed by atoms with E-state index >= 15 is 0 Å². The van der Waals surface area contributed by atoms with Gasteiger partial charge in [0.05, 0.1) is 31.6 Å². The lowest BCUT2D eigenvalue weighted by molar-refractivity contribution is 0.297. The lowest BCUT2D eigenvalue weighted by Crippen LogP contribution is -2.42. The van der Waals surface area contributed by atoms with Gasteiger partial charge in [-0.2, -0.15) is 5.10 Å². The molecule has 122 valence electrons. The van der Waals surface area contributed by atoms with E-state index in [9.17, 15) is 0 Å². The van der Waals surface area contributed by atoms with Gasteiger partial charge in [-0.05, 0) is 37.8 Å². The van der Waals surface area contributed by atoms with Crippen molar-refractivity contribution in [2.24, 2.45) is 7.05 Å². The predicted molar refractivity (Wildman–Crippen MR) is 89.0 cm³/mol. The minimum Gasteiger partial charge on any atom is -0.497 e. The van der Waals surface area contributed by atoms with Gasteiger partial charge in [0.2, 0.25) is 0 Å². The van der Waals surface area contributed by atoms with Gasteiger partial charge in [-0.1, -0.05) is 0 Å². The molecule has 0 spiro atoms. The van der Waals surface area contributed by atoms with Gasteiger partial charge in [0.25, 0.3) is 0 Å². The van der Waals surface area contributed by atoms with Crippen LogP contribution in [0.1, 0.15) is 36.6 Å². The second kappa shape index (κ2) is 5.57. The molecule has 23 heavy (non-hydrogen) atoms. The number of hydrogen-bond donors (Lipinski definition) is 1. The van der Waals surface area contributed by atoms with Gasteiger partial charge in [-0.25, -0.2) is 0 Å². The fourth-order valence-electron chi connectivity index (χ4n) is 4.02. The van der Waals surface area contributed by atoms with Crippen LogP contribution in [0.5, 0.6) is 11.5 Å². The molecule has 5 heteroatoms. The minimum absolute atomic E-state index is 0.407. The van der Waals surface area contributed by atoms with Crippen LogP contribution >= 0.6 is 0 Å². The van der Waals surface area contributed by atoms with Crippen molar-refractivity contribution >= 4 is 0 Å². The Kier molecular flexibility index (Phi) is 3.53. The topological polar surface area (TPSA) is 48.3 Å². The average molecular weight is 313 g/mol. The summed E-state index contributed by atoms with van der Waals surface area (Å²) in [7, 11) is 5.40. The summed E-state index contributed by atoms with van der Waals surface area (Å²) in [6.45, 7) is 0. The zero-order valence-electron chi connectivity index (χ0n) is 13.9. The van der Waals surface area contributed by atoms with Gasteiger partial charge in [-0.3, -0.25) is 4.68 Å². The molecule has 2 atom stereocenters. The highest BCUT2D eigenvalue weighted by Crippen LogP contribution is 2.40. The molecule has 0 saturated carbocycles. The monoisotopic (exact) mass is 313 g/mol. The molecule has 1 N–H and O–H groups in total. The molecule has 0 radical (unpaired) electrons. The Balaban J connectivity index is 1.86. The third-order valence-electron chi connectivity index (χ3n) is 5.06. The number of aryl methyl sites for hydroxylation is 1. The molecular formula is C18H23N3O2. The number of piperidine rings is 1. The second-order valence-corrected chi connectivity index (χ2v) is 6.49. The normalized spacial score (nSPS) is 22.6. The third-order valence-corrected chi connectivity index (χ3v) is 5.06. The highest BCUT2D eigenvalue weighted by Gasteiger charge is 2.34. The Morgan fingerprint density at radius 1 is 1.13 bits per heavy atom. The van der Waals surface area contributed by atoms with Crippen molar-refractivity contribution in [3.05, 3.63) is 29.5 Å². The molecule has 2 aliphatic heterocycles. The van der Waals surface area contributed by atoms with Crippen LogP contribution in [0.4, 0.5) is 0 Å². The van der Waals surface area contributed by atoms with Crippen molar-refractivity contribution in [2.75, 3.05) is 14.2 Å². The van der Waals surface area contributed by atoms with E-state index in [1.165, 1.54) is 36.2 Å². The Morgan fingerprint density at radius 3 is 2.57 bits per heavy atom. The first-order chi connectivity index (χ1) is 11.2. The summed E-state index contributed by atoms with van der Waals surface area (Å²) in [5.41, 5.74) is 4.91. The highest BCUT2D eigenvalue weighted by molar-refractivity contribution is 5.69. The number of ether oxygens (including phenoxy) is 2. The maximum Gasteiger partial charge on any atom is 0.123 e. The van der Waals surface area contributed by atoms with E-state index in [0.29, 0.717) is 12.1 Å². The van der Waals surface area contributed by atoms with Crippen LogP contribution in [0.15, 0.2) is 18.2 Å².